The number of benzene rings is 1. The van der Waals surface area contributed by atoms with Gasteiger partial charge in [0.25, 0.3) is 0 Å². The number of aliphatic hydroxyl groups excluding tert-OH is 1. The van der Waals surface area contributed by atoms with Gasteiger partial charge in [-0.3, -0.25) is 0 Å². The molecule has 3 N–H and O–H groups in total. The number of rotatable bonds is 6. The topological polar surface area (TPSA) is 61.7 Å². The highest BCUT2D eigenvalue weighted by Gasteiger charge is 2.16. The molecule has 18 heavy (non-hydrogen) atoms. The summed E-state index contributed by atoms with van der Waals surface area (Å²) in [5, 5.41) is 22.2. The van der Waals surface area contributed by atoms with Crippen molar-refractivity contribution in [3.05, 3.63) is 23.8 Å². The highest BCUT2D eigenvalue weighted by Crippen LogP contribution is 2.29. The molecule has 0 spiro atoms. The second-order valence-corrected chi connectivity index (χ2v) is 4.85. The molecule has 102 valence electrons. The van der Waals surface area contributed by atoms with Crippen LogP contribution in [0.4, 0.5) is 0 Å². The Bertz CT molecular complexity index is 379. The lowest BCUT2D eigenvalue weighted by molar-refractivity contribution is 0.201. The number of hydrogen-bond donors (Lipinski definition) is 3. The average Bonchev–Trinajstić information content (AvgIpc) is 2.35. The molecule has 2 atom stereocenters. The minimum absolute atomic E-state index is 0.0554. The maximum atomic E-state index is 9.55. The smallest absolute Gasteiger partial charge is 0.160 e. The van der Waals surface area contributed by atoms with Crippen LogP contribution in [-0.2, 0) is 0 Å². The van der Waals surface area contributed by atoms with Crippen LogP contribution in [0.2, 0.25) is 0 Å². The summed E-state index contributed by atoms with van der Waals surface area (Å²) in [5.41, 5.74) is 1.02. The highest BCUT2D eigenvalue weighted by atomic mass is 16.5. The Kier molecular flexibility index (Phi) is 5.44. The third-order valence-electron chi connectivity index (χ3n) is 3.17. The predicted octanol–water partition coefficient (Wildman–Crippen LogP) is 2.07. The van der Waals surface area contributed by atoms with Crippen LogP contribution in [0.3, 0.4) is 0 Å². The van der Waals surface area contributed by atoms with E-state index in [1.165, 1.54) is 7.11 Å². The van der Waals surface area contributed by atoms with Gasteiger partial charge in [0.1, 0.15) is 0 Å². The molecule has 0 aliphatic heterocycles. The molecule has 0 aliphatic carbocycles. The van der Waals surface area contributed by atoms with Crippen molar-refractivity contribution >= 4 is 0 Å². The maximum Gasteiger partial charge on any atom is 0.160 e. The molecule has 0 saturated heterocycles. The van der Waals surface area contributed by atoms with Gasteiger partial charge in [-0.05, 0) is 30.5 Å². The summed E-state index contributed by atoms with van der Waals surface area (Å²) < 4.78 is 5.09. The van der Waals surface area contributed by atoms with Gasteiger partial charge in [-0.1, -0.05) is 19.9 Å². The molecule has 1 rings (SSSR count). The van der Waals surface area contributed by atoms with Crippen LogP contribution in [0.15, 0.2) is 18.2 Å². The quantitative estimate of drug-likeness (QED) is 0.726. The monoisotopic (exact) mass is 253 g/mol. The summed E-state index contributed by atoms with van der Waals surface area (Å²) in [5.74, 6) is 0.957. The van der Waals surface area contributed by atoms with E-state index in [1.807, 2.05) is 19.1 Å². The molecule has 0 heterocycles. The van der Waals surface area contributed by atoms with Gasteiger partial charge in [0.2, 0.25) is 0 Å². The summed E-state index contributed by atoms with van der Waals surface area (Å²) in [4.78, 5) is 0. The van der Waals surface area contributed by atoms with E-state index in [-0.39, 0.29) is 24.4 Å². The van der Waals surface area contributed by atoms with Gasteiger partial charge in [0.15, 0.2) is 11.5 Å². The fraction of sp³-hybridized carbons (Fsp3) is 0.571. The first-order valence-electron chi connectivity index (χ1n) is 6.23. The number of ether oxygens (including phenoxy) is 1. The lowest BCUT2D eigenvalue weighted by Crippen LogP contribution is -2.38. The van der Waals surface area contributed by atoms with Crippen LogP contribution in [0.5, 0.6) is 11.5 Å². The molecule has 0 aliphatic rings. The molecule has 0 saturated carbocycles. The average molecular weight is 253 g/mol. The Morgan fingerprint density at radius 1 is 1.28 bits per heavy atom. The minimum Gasteiger partial charge on any atom is -0.504 e. The summed E-state index contributed by atoms with van der Waals surface area (Å²) in [6, 6.07) is 5.42. The van der Waals surface area contributed by atoms with Gasteiger partial charge in [0.05, 0.1) is 13.7 Å². The first kappa shape index (κ1) is 14.8. The number of phenols is 1. The van der Waals surface area contributed by atoms with Crippen molar-refractivity contribution in [3.63, 3.8) is 0 Å². The van der Waals surface area contributed by atoms with Crippen molar-refractivity contribution in [1.29, 1.82) is 0 Å². The fourth-order valence-corrected chi connectivity index (χ4v) is 1.84. The number of nitrogens with one attached hydrogen (secondary N) is 1. The third-order valence-corrected chi connectivity index (χ3v) is 3.17. The molecule has 4 heteroatoms. The lowest BCUT2D eigenvalue weighted by Gasteiger charge is -2.25. The molecule has 0 aromatic heterocycles. The van der Waals surface area contributed by atoms with Crippen LogP contribution < -0.4 is 10.1 Å². The summed E-state index contributed by atoms with van der Waals surface area (Å²) >= 11 is 0. The Balaban J connectivity index is 2.80. The molecule has 1 aromatic rings. The van der Waals surface area contributed by atoms with E-state index in [2.05, 4.69) is 19.2 Å². The van der Waals surface area contributed by atoms with Gasteiger partial charge in [-0.2, -0.15) is 0 Å². The van der Waals surface area contributed by atoms with Gasteiger partial charge < -0.3 is 20.3 Å². The van der Waals surface area contributed by atoms with Crippen molar-refractivity contribution in [2.75, 3.05) is 13.7 Å². The standard InChI is InChI=1S/C14H23NO3/c1-9(2)12(8-16)15-10(3)11-5-6-13(17)14(7-11)18-4/h5-7,9-10,12,15-17H,8H2,1-4H3/t10?,12-/m1/s1. The zero-order valence-corrected chi connectivity index (χ0v) is 11.5. The van der Waals surface area contributed by atoms with E-state index in [0.717, 1.165) is 5.56 Å². The molecule has 0 radical (unpaired) electrons. The van der Waals surface area contributed by atoms with Crippen LogP contribution >= 0.6 is 0 Å². The largest absolute Gasteiger partial charge is 0.504 e. The molecule has 1 aromatic carbocycles. The third kappa shape index (κ3) is 3.62. The first-order valence-corrected chi connectivity index (χ1v) is 6.23. The van der Waals surface area contributed by atoms with Crippen molar-refractivity contribution in [2.45, 2.75) is 32.9 Å². The van der Waals surface area contributed by atoms with Gasteiger partial charge in [-0.15, -0.1) is 0 Å². The number of hydrogen-bond acceptors (Lipinski definition) is 4. The van der Waals surface area contributed by atoms with Gasteiger partial charge in [-0.25, -0.2) is 0 Å². The van der Waals surface area contributed by atoms with E-state index in [0.29, 0.717) is 11.7 Å². The number of aliphatic hydroxyl groups is 1. The SMILES string of the molecule is COc1cc(C(C)N[C@H](CO)C(C)C)ccc1O. The Morgan fingerprint density at radius 2 is 1.94 bits per heavy atom. The fourth-order valence-electron chi connectivity index (χ4n) is 1.84. The molecular weight excluding hydrogens is 230 g/mol. The molecule has 0 bridgehead atoms. The van der Waals surface area contributed by atoms with E-state index in [9.17, 15) is 10.2 Å². The van der Waals surface area contributed by atoms with Crippen LogP contribution in [0.25, 0.3) is 0 Å². The van der Waals surface area contributed by atoms with E-state index < -0.39 is 0 Å². The number of phenolic OH excluding ortho intramolecular Hbond substituents is 1. The van der Waals surface area contributed by atoms with E-state index in [4.69, 9.17) is 4.74 Å². The molecular formula is C14H23NO3. The molecule has 1 unspecified atom stereocenters. The second kappa shape index (κ2) is 6.61. The normalized spacial score (nSPS) is 14.6. The van der Waals surface area contributed by atoms with Crippen molar-refractivity contribution in [2.24, 2.45) is 5.92 Å². The minimum atomic E-state index is 0.0554. The highest BCUT2D eigenvalue weighted by molar-refractivity contribution is 5.42. The van der Waals surface area contributed by atoms with E-state index in [1.54, 1.807) is 6.07 Å². The van der Waals surface area contributed by atoms with Crippen LogP contribution in [-0.4, -0.2) is 30.0 Å². The summed E-state index contributed by atoms with van der Waals surface area (Å²) in [7, 11) is 1.53. The predicted molar refractivity (Wildman–Crippen MR) is 71.9 cm³/mol. The van der Waals surface area contributed by atoms with Crippen molar-refractivity contribution in [3.8, 4) is 11.5 Å². The van der Waals surface area contributed by atoms with Gasteiger partial charge >= 0.3 is 0 Å². The molecule has 4 nitrogen and oxygen atoms in total. The Morgan fingerprint density at radius 3 is 2.44 bits per heavy atom. The number of methoxy groups -OCH3 is 1. The van der Waals surface area contributed by atoms with Crippen molar-refractivity contribution in [1.82, 2.24) is 5.32 Å². The first-order chi connectivity index (χ1) is 8.49. The van der Waals surface area contributed by atoms with Gasteiger partial charge in [0, 0.05) is 12.1 Å². The summed E-state index contributed by atoms with van der Waals surface area (Å²) in [6.45, 7) is 6.27. The number of aromatic hydroxyl groups is 1. The zero-order valence-electron chi connectivity index (χ0n) is 11.5. The van der Waals surface area contributed by atoms with E-state index >= 15 is 0 Å². The Hall–Kier alpha value is -1.26. The van der Waals surface area contributed by atoms with Crippen LogP contribution in [0, 0.1) is 5.92 Å². The maximum absolute atomic E-state index is 9.55. The Labute approximate surface area is 109 Å². The molecule has 0 fully saturated rings. The zero-order chi connectivity index (χ0) is 13.7. The second-order valence-electron chi connectivity index (χ2n) is 4.85. The lowest BCUT2D eigenvalue weighted by atomic mass is 10.0. The van der Waals surface area contributed by atoms with Crippen molar-refractivity contribution < 1.29 is 14.9 Å². The van der Waals surface area contributed by atoms with Crippen LogP contribution in [0.1, 0.15) is 32.4 Å². The summed E-state index contributed by atoms with van der Waals surface area (Å²) in [6.07, 6.45) is 0. The molecule has 0 amide bonds.